The van der Waals surface area contributed by atoms with Crippen molar-refractivity contribution in [2.24, 2.45) is 0 Å². The molecule has 1 N–H and O–H groups in total. The molecule has 3 heterocycles. The van der Waals surface area contributed by atoms with Crippen LogP contribution in [0.3, 0.4) is 0 Å². The zero-order valence-corrected chi connectivity index (χ0v) is 19.7. The van der Waals surface area contributed by atoms with E-state index in [-0.39, 0.29) is 11.1 Å². The number of methoxy groups -OCH3 is 2. The molecule has 182 valence electrons. The Morgan fingerprint density at radius 3 is 2.50 bits per heavy atom. The van der Waals surface area contributed by atoms with Crippen LogP contribution in [0.5, 0.6) is 11.5 Å². The number of rotatable bonds is 8. The molecule has 1 atom stereocenters. The average molecular weight is 471 g/mol. The minimum Gasteiger partial charge on any atom is -0.872 e. The van der Waals surface area contributed by atoms with E-state index in [0.29, 0.717) is 36.0 Å². The monoisotopic (exact) mass is 470 g/mol. The van der Waals surface area contributed by atoms with Crippen molar-refractivity contribution in [3.05, 3.63) is 53.0 Å². The molecule has 2 aliphatic rings. The minimum absolute atomic E-state index is 0.106. The van der Waals surface area contributed by atoms with Gasteiger partial charge in [-0.2, -0.15) is 0 Å². The van der Waals surface area contributed by atoms with Crippen LogP contribution in [0.1, 0.15) is 29.5 Å². The molecular weight excluding hydrogens is 440 g/mol. The molecule has 2 fully saturated rings. The third-order valence-electron chi connectivity index (χ3n) is 6.34. The molecule has 2 aromatic rings. The molecular formula is C25H30N2O7. The van der Waals surface area contributed by atoms with Crippen LogP contribution in [0.25, 0.3) is 5.76 Å². The standard InChI is InChI=1S/C25H30N2O7/c1-16-5-7-19(34-16)22-21(23(28)17-6-8-18(31-2)20(15-17)32-3)24(29)25(30)27(22)10-4-9-26-11-13-33-14-12-26/h5-8,15,22,28H,4,9-14H2,1-3H3/b23-21+. The lowest BCUT2D eigenvalue weighted by Gasteiger charge is -2.27. The van der Waals surface area contributed by atoms with Crippen molar-refractivity contribution in [3.63, 3.8) is 0 Å². The van der Waals surface area contributed by atoms with Crippen LogP contribution < -0.4 is 19.5 Å². The van der Waals surface area contributed by atoms with Gasteiger partial charge in [-0.3, -0.25) is 9.59 Å². The highest BCUT2D eigenvalue weighted by Crippen LogP contribution is 2.40. The number of morpholine rings is 1. The predicted octanol–water partition coefficient (Wildman–Crippen LogP) is 0.134. The number of quaternary nitrogens is 1. The Kier molecular flexibility index (Phi) is 7.23. The van der Waals surface area contributed by atoms with Crippen LogP contribution in [-0.2, 0) is 14.3 Å². The third-order valence-corrected chi connectivity index (χ3v) is 6.34. The Morgan fingerprint density at radius 1 is 1.12 bits per heavy atom. The number of hydrogen-bond acceptors (Lipinski definition) is 7. The van der Waals surface area contributed by atoms with Crippen molar-refractivity contribution in [1.29, 1.82) is 0 Å². The van der Waals surface area contributed by atoms with Crippen molar-refractivity contribution in [2.45, 2.75) is 19.4 Å². The van der Waals surface area contributed by atoms with Gasteiger partial charge in [-0.25, -0.2) is 0 Å². The van der Waals surface area contributed by atoms with E-state index in [4.69, 9.17) is 18.6 Å². The molecule has 9 nitrogen and oxygen atoms in total. The van der Waals surface area contributed by atoms with E-state index >= 15 is 0 Å². The number of benzene rings is 1. The molecule has 1 unspecified atom stereocenters. The summed E-state index contributed by atoms with van der Waals surface area (Å²) in [6.45, 7) is 6.27. The first-order chi connectivity index (χ1) is 16.4. The number of nitrogens with one attached hydrogen (secondary N) is 1. The second kappa shape index (κ2) is 10.3. The molecule has 0 bridgehead atoms. The summed E-state index contributed by atoms with van der Waals surface area (Å²) in [5, 5.41) is 13.5. The predicted molar refractivity (Wildman–Crippen MR) is 120 cm³/mol. The van der Waals surface area contributed by atoms with Gasteiger partial charge in [0.05, 0.1) is 34.0 Å². The van der Waals surface area contributed by atoms with Crippen LogP contribution in [-0.4, -0.2) is 70.2 Å². The van der Waals surface area contributed by atoms with Gasteiger partial charge in [-0.15, -0.1) is 0 Å². The number of furan rings is 1. The number of nitrogens with zero attached hydrogens (tertiary/aromatic N) is 1. The van der Waals surface area contributed by atoms with Crippen LogP contribution in [0.2, 0.25) is 0 Å². The van der Waals surface area contributed by atoms with E-state index in [9.17, 15) is 14.7 Å². The summed E-state index contributed by atoms with van der Waals surface area (Å²) in [4.78, 5) is 29.0. The number of amides is 1. The Balaban J connectivity index is 1.67. The molecule has 2 saturated heterocycles. The van der Waals surface area contributed by atoms with Gasteiger partial charge in [-0.05, 0) is 36.8 Å². The van der Waals surface area contributed by atoms with Crippen LogP contribution in [0.4, 0.5) is 0 Å². The number of aryl methyl sites for hydroxylation is 1. The lowest BCUT2D eigenvalue weighted by molar-refractivity contribution is -0.908. The van der Waals surface area contributed by atoms with E-state index in [0.717, 1.165) is 32.8 Å². The Hall–Kier alpha value is -3.30. The Bertz CT molecular complexity index is 1080. The number of carbonyl (C=O) groups is 2. The quantitative estimate of drug-likeness (QED) is 0.332. The van der Waals surface area contributed by atoms with E-state index in [1.807, 2.05) is 0 Å². The highest BCUT2D eigenvalue weighted by molar-refractivity contribution is 6.46. The Labute approximate surface area is 198 Å². The minimum atomic E-state index is -0.867. The molecule has 1 aromatic carbocycles. The number of ketones is 1. The summed E-state index contributed by atoms with van der Waals surface area (Å²) in [6.07, 6.45) is 0.697. The number of hydrogen-bond donors (Lipinski definition) is 1. The van der Waals surface area contributed by atoms with E-state index in [2.05, 4.69) is 0 Å². The van der Waals surface area contributed by atoms with E-state index in [1.54, 1.807) is 31.2 Å². The zero-order chi connectivity index (χ0) is 24.2. The molecule has 0 aliphatic carbocycles. The molecule has 0 saturated carbocycles. The fraction of sp³-hybridized carbons (Fsp3) is 0.440. The van der Waals surface area contributed by atoms with Crippen LogP contribution in [0.15, 0.2) is 40.3 Å². The molecule has 34 heavy (non-hydrogen) atoms. The van der Waals surface area contributed by atoms with Gasteiger partial charge >= 0.3 is 0 Å². The summed E-state index contributed by atoms with van der Waals surface area (Å²) in [5.74, 6) is -0.140. The smallest absolute Gasteiger partial charge is 0.295 e. The molecule has 4 rings (SSSR count). The van der Waals surface area contributed by atoms with Gasteiger partial charge in [0.1, 0.15) is 30.7 Å². The summed E-state index contributed by atoms with van der Waals surface area (Å²) in [6, 6.07) is 7.28. The van der Waals surface area contributed by atoms with Gasteiger partial charge < -0.3 is 33.5 Å². The average Bonchev–Trinajstić information content (AvgIpc) is 3.39. The second-order valence-electron chi connectivity index (χ2n) is 8.46. The number of Topliss-reactive ketones (excluding diaryl/α,β-unsaturated/α-hetero) is 1. The first-order valence-electron chi connectivity index (χ1n) is 11.4. The fourth-order valence-electron chi connectivity index (χ4n) is 4.54. The summed E-state index contributed by atoms with van der Waals surface area (Å²) in [5.41, 5.74) is 0.131. The third kappa shape index (κ3) is 4.67. The largest absolute Gasteiger partial charge is 0.872 e. The number of carbonyl (C=O) groups excluding carboxylic acids is 2. The molecule has 1 aromatic heterocycles. The van der Waals surface area contributed by atoms with Crippen molar-refractivity contribution >= 4 is 17.4 Å². The SMILES string of the molecule is COc1ccc(/C([O-])=C2\C(=O)C(=O)N(CCC[NH+]3CCOCC3)C2c2ccc(C)o2)cc1OC. The molecule has 0 spiro atoms. The Morgan fingerprint density at radius 2 is 1.85 bits per heavy atom. The summed E-state index contributed by atoms with van der Waals surface area (Å²) >= 11 is 0. The van der Waals surface area contributed by atoms with Gasteiger partial charge in [0.25, 0.3) is 5.91 Å². The summed E-state index contributed by atoms with van der Waals surface area (Å²) < 4.78 is 21.8. The maximum Gasteiger partial charge on any atom is 0.295 e. The van der Waals surface area contributed by atoms with Crippen LogP contribution >= 0.6 is 0 Å². The topological polar surface area (TPSA) is 106 Å². The van der Waals surface area contributed by atoms with Gasteiger partial charge in [0.15, 0.2) is 11.5 Å². The van der Waals surface area contributed by atoms with Gasteiger partial charge in [0, 0.05) is 18.5 Å². The highest BCUT2D eigenvalue weighted by Gasteiger charge is 2.45. The first-order valence-corrected chi connectivity index (χ1v) is 11.4. The summed E-state index contributed by atoms with van der Waals surface area (Å²) in [7, 11) is 2.97. The normalized spacial score (nSPS) is 20.7. The maximum atomic E-state index is 13.5. The van der Waals surface area contributed by atoms with Crippen molar-refractivity contribution in [1.82, 2.24) is 4.90 Å². The maximum absolute atomic E-state index is 13.5. The molecule has 1 amide bonds. The first kappa shape index (κ1) is 23.8. The fourth-order valence-corrected chi connectivity index (χ4v) is 4.54. The van der Waals surface area contributed by atoms with E-state index in [1.165, 1.54) is 30.1 Å². The lowest BCUT2D eigenvalue weighted by atomic mass is 9.99. The second-order valence-corrected chi connectivity index (χ2v) is 8.46. The van der Waals surface area contributed by atoms with Gasteiger partial charge in [-0.1, -0.05) is 11.8 Å². The van der Waals surface area contributed by atoms with Crippen molar-refractivity contribution < 1.29 is 38.2 Å². The molecule has 2 aliphatic heterocycles. The van der Waals surface area contributed by atoms with E-state index < -0.39 is 23.5 Å². The van der Waals surface area contributed by atoms with Crippen molar-refractivity contribution in [2.75, 3.05) is 53.6 Å². The number of ether oxygens (including phenoxy) is 3. The van der Waals surface area contributed by atoms with Crippen molar-refractivity contribution in [3.8, 4) is 11.5 Å². The number of likely N-dealkylation sites (tertiary alicyclic amines) is 1. The highest BCUT2D eigenvalue weighted by atomic mass is 16.5. The molecule has 0 radical (unpaired) electrons. The van der Waals surface area contributed by atoms with Crippen LogP contribution in [0, 0.1) is 6.92 Å². The zero-order valence-electron chi connectivity index (χ0n) is 19.7. The molecule has 9 heteroatoms. The van der Waals surface area contributed by atoms with Gasteiger partial charge in [0.2, 0.25) is 5.78 Å². The lowest BCUT2D eigenvalue weighted by Crippen LogP contribution is -3.14.